The summed E-state index contributed by atoms with van der Waals surface area (Å²) in [6.07, 6.45) is 1.56. The van der Waals surface area contributed by atoms with Gasteiger partial charge in [-0.25, -0.2) is 9.48 Å². The number of fused-ring (bicyclic) bond motifs is 1. The predicted molar refractivity (Wildman–Crippen MR) is 137 cm³/mol. The number of carbonyl (C=O) groups is 2. The average molecular weight is 485 g/mol. The number of aromatic nitrogens is 4. The Hall–Kier alpha value is -4.27. The van der Waals surface area contributed by atoms with Crippen LogP contribution < -0.4 is 10.2 Å². The highest BCUT2D eigenvalue weighted by atomic mass is 16.5. The number of anilines is 2. The lowest BCUT2D eigenvalue weighted by atomic mass is 9.96. The molecule has 1 N–H and O–H groups in total. The number of piperidine rings is 1. The first-order chi connectivity index (χ1) is 17.5. The van der Waals surface area contributed by atoms with Gasteiger partial charge in [0.2, 0.25) is 5.91 Å². The van der Waals surface area contributed by atoms with Gasteiger partial charge in [0.1, 0.15) is 5.52 Å². The van der Waals surface area contributed by atoms with Crippen LogP contribution in [0.4, 0.5) is 11.5 Å². The highest BCUT2D eigenvalue weighted by Crippen LogP contribution is 2.32. The van der Waals surface area contributed by atoms with Crippen LogP contribution in [0.2, 0.25) is 0 Å². The first kappa shape index (κ1) is 23.5. The molecule has 1 unspecified atom stereocenters. The van der Waals surface area contributed by atoms with Gasteiger partial charge in [0.05, 0.1) is 46.7 Å². The number of nitrogens with one attached hydrogen (secondary N) is 1. The summed E-state index contributed by atoms with van der Waals surface area (Å²) in [5, 5.41) is 17.8. The Balaban J connectivity index is 1.43. The summed E-state index contributed by atoms with van der Waals surface area (Å²) >= 11 is 0. The second-order valence-electron chi connectivity index (χ2n) is 8.98. The van der Waals surface area contributed by atoms with Crippen molar-refractivity contribution in [3.63, 3.8) is 0 Å². The zero-order chi connectivity index (χ0) is 25.2. The normalized spacial score (nSPS) is 15.6. The number of rotatable bonds is 5. The summed E-state index contributed by atoms with van der Waals surface area (Å²) in [6.45, 7) is 5.21. The Bertz CT molecular complexity index is 1430. The maximum Gasteiger partial charge on any atom is 0.339 e. The fourth-order valence-corrected chi connectivity index (χ4v) is 4.84. The summed E-state index contributed by atoms with van der Waals surface area (Å²) in [5.41, 5.74) is 4.34. The van der Waals surface area contributed by atoms with Gasteiger partial charge in [-0.15, -0.1) is 5.10 Å². The molecule has 5 rings (SSSR count). The van der Waals surface area contributed by atoms with E-state index in [4.69, 9.17) is 9.84 Å². The number of aryl methyl sites for hydroxylation is 2. The number of carbonyl (C=O) groups excluding carboxylic acids is 2. The van der Waals surface area contributed by atoms with E-state index in [-0.39, 0.29) is 11.8 Å². The van der Waals surface area contributed by atoms with Gasteiger partial charge in [-0.05, 0) is 51.0 Å². The lowest BCUT2D eigenvalue weighted by Crippen LogP contribution is -2.41. The number of esters is 1. The van der Waals surface area contributed by atoms with Crippen molar-refractivity contribution in [1.29, 1.82) is 0 Å². The van der Waals surface area contributed by atoms with Crippen LogP contribution in [0.3, 0.4) is 0 Å². The zero-order valence-corrected chi connectivity index (χ0v) is 20.6. The monoisotopic (exact) mass is 484 g/mol. The van der Waals surface area contributed by atoms with Crippen LogP contribution in [0.1, 0.15) is 34.6 Å². The summed E-state index contributed by atoms with van der Waals surface area (Å²) < 4.78 is 6.77. The molecule has 2 aromatic heterocycles. The number of hydrogen-bond acceptors (Lipinski definition) is 7. The Kier molecular flexibility index (Phi) is 6.37. The van der Waals surface area contributed by atoms with Crippen molar-refractivity contribution in [2.24, 2.45) is 5.92 Å². The lowest BCUT2D eigenvalue weighted by Gasteiger charge is -2.32. The van der Waals surface area contributed by atoms with Crippen molar-refractivity contribution in [1.82, 2.24) is 20.0 Å². The minimum absolute atomic E-state index is 0.140. The van der Waals surface area contributed by atoms with Crippen molar-refractivity contribution in [3.05, 3.63) is 71.5 Å². The van der Waals surface area contributed by atoms with Gasteiger partial charge in [-0.1, -0.05) is 30.3 Å². The van der Waals surface area contributed by atoms with E-state index >= 15 is 0 Å². The van der Waals surface area contributed by atoms with E-state index in [1.165, 1.54) is 7.11 Å². The molecule has 1 aliphatic heterocycles. The maximum atomic E-state index is 13.2. The molecule has 4 aromatic rings. The molecule has 36 heavy (non-hydrogen) atoms. The molecule has 1 atom stereocenters. The van der Waals surface area contributed by atoms with E-state index in [0.29, 0.717) is 23.6 Å². The maximum absolute atomic E-state index is 13.2. The van der Waals surface area contributed by atoms with Gasteiger partial charge >= 0.3 is 5.97 Å². The molecule has 0 saturated carbocycles. The van der Waals surface area contributed by atoms with Crippen LogP contribution in [0.15, 0.2) is 54.6 Å². The van der Waals surface area contributed by atoms with E-state index in [0.717, 1.165) is 47.4 Å². The quantitative estimate of drug-likeness (QED) is 0.426. The Morgan fingerprint density at radius 2 is 1.78 bits per heavy atom. The molecule has 0 radical (unpaired) electrons. The van der Waals surface area contributed by atoms with Crippen LogP contribution in [-0.4, -0.2) is 52.1 Å². The molecule has 1 amide bonds. The minimum atomic E-state index is -0.488. The Labute approximate surface area is 209 Å². The summed E-state index contributed by atoms with van der Waals surface area (Å²) in [5.74, 6) is -0.225. The van der Waals surface area contributed by atoms with Crippen LogP contribution in [-0.2, 0) is 9.53 Å². The summed E-state index contributed by atoms with van der Waals surface area (Å²) in [7, 11) is 1.32. The second-order valence-corrected chi connectivity index (χ2v) is 8.98. The fourth-order valence-electron chi connectivity index (χ4n) is 4.84. The van der Waals surface area contributed by atoms with E-state index in [2.05, 4.69) is 20.4 Å². The highest BCUT2D eigenvalue weighted by Gasteiger charge is 2.30. The van der Waals surface area contributed by atoms with E-state index < -0.39 is 5.97 Å². The van der Waals surface area contributed by atoms with Gasteiger partial charge in [0.25, 0.3) is 0 Å². The minimum Gasteiger partial charge on any atom is -0.465 e. The molecule has 0 aliphatic carbocycles. The molecule has 1 fully saturated rings. The molecule has 1 aliphatic rings. The van der Waals surface area contributed by atoms with Crippen LogP contribution >= 0.6 is 0 Å². The van der Waals surface area contributed by atoms with Crippen molar-refractivity contribution in [2.75, 3.05) is 30.4 Å². The first-order valence-electron chi connectivity index (χ1n) is 12.0. The van der Waals surface area contributed by atoms with Gasteiger partial charge in [0.15, 0.2) is 5.82 Å². The highest BCUT2D eigenvalue weighted by molar-refractivity contribution is 6.02. The topological polar surface area (TPSA) is 102 Å². The number of ether oxygens (including phenoxy) is 1. The molecule has 2 aromatic carbocycles. The first-order valence-corrected chi connectivity index (χ1v) is 12.0. The molecule has 1 saturated heterocycles. The standard InChI is InChI=1S/C27H28N6O3/c1-17-23-18(2)33(20-11-5-4-6-12-20)31-24(23)25(30-29-17)32-15-9-10-19(16-32)26(34)28-22-14-8-7-13-21(22)27(35)36-3/h4-8,11-14,19H,9-10,15-16H2,1-3H3,(H,28,34). The van der Waals surface area contributed by atoms with Crippen molar-refractivity contribution >= 4 is 34.3 Å². The number of para-hydroxylation sites is 2. The van der Waals surface area contributed by atoms with E-state index in [1.807, 2.05) is 48.9 Å². The number of nitrogens with zero attached hydrogens (tertiary/aromatic N) is 5. The molecule has 9 heteroatoms. The SMILES string of the molecule is COC(=O)c1ccccc1NC(=O)C1CCCN(c2nnc(C)c3c(C)n(-c4ccccc4)nc23)C1. The van der Waals surface area contributed by atoms with Crippen molar-refractivity contribution < 1.29 is 14.3 Å². The molecule has 3 heterocycles. The number of hydrogen-bond donors (Lipinski definition) is 1. The van der Waals surface area contributed by atoms with Gasteiger partial charge < -0.3 is 15.0 Å². The van der Waals surface area contributed by atoms with Crippen LogP contribution in [0.25, 0.3) is 16.6 Å². The lowest BCUT2D eigenvalue weighted by molar-refractivity contribution is -0.120. The van der Waals surface area contributed by atoms with Gasteiger partial charge in [-0.2, -0.15) is 10.2 Å². The van der Waals surface area contributed by atoms with Gasteiger partial charge in [-0.3, -0.25) is 4.79 Å². The Morgan fingerprint density at radius 1 is 1.03 bits per heavy atom. The van der Waals surface area contributed by atoms with E-state index in [1.54, 1.807) is 24.3 Å². The van der Waals surface area contributed by atoms with Crippen molar-refractivity contribution in [2.45, 2.75) is 26.7 Å². The van der Waals surface area contributed by atoms with Crippen LogP contribution in [0.5, 0.6) is 0 Å². The second kappa shape index (κ2) is 9.77. The third-order valence-corrected chi connectivity index (χ3v) is 6.67. The van der Waals surface area contributed by atoms with E-state index in [9.17, 15) is 9.59 Å². The van der Waals surface area contributed by atoms with Gasteiger partial charge in [0, 0.05) is 13.1 Å². The number of benzene rings is 2. The number of methoxy groups -OCH3 is 1. The van der Waals surface area contributed by atoms with Crippen LogP contribution in [0, 0.1) is 19.8 Å². The fraction of sp³-hybridized carbons (Fsp3) is 0.296. The molecule has 184 valence electrons. The predicted octanol–water partition coefficient (Wildman–Crippen LogP) is 4.07. The molecule has 9 nitrogen and oxygen atoms in total. The largest absolute Gasteiger partial charge is 0.465 e. The summed E-state index contributed by atoms with van der Waals surface area (Å²) in [6, 6.07) is 16.8. The zero-order valence-electron chi connectivity index (χ0n) is 20.6. The molecular formula is C27H28N6O3. The van der Waals surface area contributed by atoms with Crippen molar-refractivity contribution in [3.8, 4) is 5.69 Å². The average Bonchev–Trinajstić information content (AvgIpc) is 3.27. The summed E-state index contributed by atoms with van der Waals surface area (Å²) in [4.78, 5) is 27.4. The molecule has 0 spiro atoms. The Morgan fingerprint density at radius 3 is 2.56 bits per heavy atom. The smallest absolute Gasteiger partial charge is 0.339 e. The number of amides is 1. The third kappa shape index (κ3) is 4.28. The molecular weight excluding hydrogens is 456 g/mol. The molecule has 0 bridgehead atoms. The third-order valence-electron chi connectivity index (χ3n) is 6.67.